The van der Waals surface area contributed by atoms with Gasteiger partial charge in [0.05, 0.1) is 13.5 Å². The number of hydrogen-bond acceptors (Lipinski definition) is 4. The molecule has 0 aromatic heterocycles. The summed E-state index contributed by atoms with van der Waals surface area (Å²) < 4.78 is 5.21. The zero-order chi connectivity index (χ0) is 20.1. The van der Waals surface area contributed by atoms with Crippen LogP contribution in [0.15, 0.2) is 48.5 Å². The smallest absolute Gasteiger partial charge is 0.244 e. The van der Waals surface area contributed by atoms with Gasteiger partial charge in [0.1, 0.15) is 11.8 Å². The quantitative estimate of drug-likeness (QED) is 0.859. The molecule has 0 radical (unpaired) electrons. The van der Waals surface area contributed by atoms with Crippen molar-refractivity contribution in [2.45, 2.75) is 19.4 Å². The maximum atomic E-state index is 12.7. The summed E-state index contributed by atoms with van der Waals surface area (Å²) in [6.45, 7) is 4.05. The Kier molecular flexibility index (Phi) is 6.31. The number of carbonyl (C=O) groups is 2. The summed E-state index contributed by atoms with van der Waals surface area (Å²) in [5.74, 6) is 0.706. The Morgan fingerprint density at radius 1 is 1.04 bits per heavy atom. The molecule has 2 aromatic rings. The van der Waals surface area contributed by atoms with Gasteiger partial charge in [-0.1, -0.05) is 42.0 Å². The van der Waals surface area contributed by atoms with E-state index in [0.717, 1.165) is 22.4 Å². The molecular weight excluding hydrogens is 354 g/mol. The topological polar surface area (TPSA) is 75.9 Å². The van der Waals surface area contributed by atoms with Gasteiger partial charge in [0.25, 0.3) is 0 Å². The summed E-state index contributed by atoms with van der Waals surface area (Å²) in [7, 11) is 1.61. The first-order chi connectivity index (χ1) is 13.5. The van der Waals surface area contributed by atoms with E-state index < -0.39 is 6.04 Å². The average Bonchev–Trinajstić information content (AvgIpc) is 2.73. The van der Waals surface area contributed by atoms with Crippen LogP contribution in [-0.4, -0.2) is 54.9 Å². The van der Waals surface area contributed by atoms with Crippen LogP contribution in [0.5, 0.6) is 5.75 Å². The van der Waals surface area contributed by atoms with Crippen LogP contribution in [0.25, 0.3) is 0 Å². The maximum absolute atomic E-state index is 12.7. The summed E-state index contributed by atoms with van der Waals surface area (Å²) >= 11 is 0. The number of aryl methyl sites for hydroxylation is 1. The number of ether oxygens (including phenoxy) is 1. The number of hydrogen-bond donors (Lipinski definition) is 1. The molecule has 3 rings (SSSR count). The Morgan fingerprint density at radius 3 is 2.32 bits per heavy atom. The van der Waals surface area contributed by atoms with E-state index in [0.29, 0.717) is 32.6 Å². The third-order valence-corrected chi connectivity index (χ3v) is 5.14. The van der Waals surface area contributed by atoms with Gasteiger partial charge < -0.3 is 20.3 Å². The van der Waals surface area contributed by atoms with Crippen LogP contribution in [0.1, 0.15) is 22.7 Å². The predicted molar refractivity (Wildman–Crippen MR) is 108 cm³/mol. The molecule has 28 heavy (non-hydrogen) atoms. The van der Waals surface area contributed by atoms with E-state index in [1.54, 1.807) is 16.9 Å². The Bertz CT molecular complexity index is 827. The number of nitrogens with zero attached hydrogens (tertiary/aromatic N) is 2. The van der Waals surface area contributed by atoms with Gasteiger partial charge in [0.15, 0.2) is 0 Å². The fraction of sp³-hybridized carbons (Fsp3) is 0.364. The van der Waals surface area contributed by atoms with Crippen molar-refractivity contribution >= 4 is 11.8 Å². The molecule has 2 N–H and O–H groups in total. The molecule has 0 bridgehead atoms. The monoisotopic (exact) mass is 381 g/mol. The molecule has 6 nitrogen and oxygen atoms in total. The molecule has 148 valence electrons. The van der Waals surface area contributed by atoms with E-state index in [2.05, 4.69) is 0 Å². The molecule has 1 heterocycles. The summed E-state index contributed by atoms with van der Waals surface area (Å²) in [6, 6.07) is 14.6. The first kappa shape index (κ1) is 19.9. The second-order valence-electron chi connectivity index (χ2n) is 7.12. The van der Waals surface area contributed by atoms with Crippen LogP contribution in [0, 0.1) is 6.92 Å². The molecule has 1 unspecified atom stereocenters. The number of amides is 2. The van der Waals surface area contributed by atoms with Crippen molar-refractivity contribution in [2.75, 3.05) is 33.3 Å². The number of piperazine rings is 1. The molecule has 1 atom stereocenters. The van der Waals surface area contributed by atoms with E-state index in [1.165, 1.54) is 0 Å². The van der Waals surface area contributed by atoms with Crippen molar-refractivity contribution < 1.29 is 14.3 Å². The molecule has 0 aliphatic carbocycles. The van der Waals surface area contributed by atoms with Gasteiger partial charge >= 0.3 is 0 Å². The summed E-state index contributed by atoms with van der Waals surface area (Å²) in [6.07, 6.45) is 0.327. The normalized spacial score (nSPS) is 15.2. The summed E-state index contributed by atoms with van der Waals surface area (Å²) in [4.78, 5) is 28.8. The van der Waals surface area contributed by atoms with Crippen LogP contribution < -0.4 is 10.5 Å². The van der Waals surface area contributed by atoms with Crippen molar-refractivity contribution in [2.24, 2.45) is 5.73 Å². The second kappa shape index (κ2) is 8.89. The fourth-order valence-electron chi connectivity index (χ4n) is 3.36. The lowest BCUT2D eigenvalue weighted by molar-refractivity contribution is -0.140. The largest absolute Gasteiger partial charge is 0.497 e. The van der Waals surface area contributed by atoms with E-state index >= 15 is 0 Å². The van der Waals surface area contributed by atoms with Crippen molar-refractivity contribution in [3.63, 3.8) is 0 Å². The maximum Gasteiger partial charge on any atom is 0.244 e. The Labute approximate surface area is 165 Å². The lowest BCUT2D eigenvalue weighted by Crippen LogP contribution is -2.52. The second-order valence-corrected chi connectivity index (χ2v) is 7.12. The van der Waals surface area contributed by atoms with Crippen LogP contribution in [0.3, 0.4) is 0 Å². The molecule has 0 spiro atoms. The predicted octanol–water partition coefficient (Wildman–Crippen LogP) is 1.92. The Hall–Kier alpha value is -2.86. The minimum atomic E-state index is -0.667. The molecule has 6 heteroatoms. The first-order valence-corrected chi connectivity index (χ1v) is 9.49. The fourth-order valence-corrected chi connectivity index (χ4v) is 3.36. The van der Waals surface area contributed by atoms with Crippen LogP contribution >= 0.6 is 0 Å². The summed E-state index contributed by atoms with van der Waals surface area (Å²) in [5, 5.41) is 0. The Morgan fingerprint density at radius 2 is 1.68 bits per heavy atom. The Balaban J connectivity index is 1.53. The van der Waals surface area contributed by atoms with Crippen molar-refractivity contribution in [1.82, 2.24) is 9.80 Å². The van der Waals surface area contributed by atoms with Crippen LogP contribution in [-0.2, 0) is 16.0 Å². The molecular formula is C22H27N3O3. The van der Waals surface area contributed by atoms with Crippen LogP contribution in [0.4, 0.5) is 0 Å². The van der Waals surface area contributed by atoms with Gasteiger partial charge in [-0.2, -0.15) is 0 Å². The molecule has 0 saturated carbocycles. The van der Waals surface area contributed by atoms with Crippen molar-refractivity contribution in [1.29, 1.82) is 0 Å². The zero-order valence-electron chi connectivity index (χ0n) is 16.4. The molecule has 2 amide bonds. The number of carbonyl (C=O) groups excluding carboxylic acids is 2. The number of rotatable bonds is 5. The van der Waals surface area contributed by atoms with Gasteiger partial charge in [-0.3, -0.25) is 9.59 Å². The van der Waals surface area contributed by atoms with Gasteiger partial charge in [-0.15, -0.1) is 0 Å². The molecule has 1 aliphatic rings. The number of methoxy groups -OCH3 is 1. The SMILES string of the molecule is COc1cccc(CC(=O)N2CCN(C(=O)C(N)c3ccc(C)cc3)CC2)c1. The zero-order valence-corrected chi connectivity index (χ0v) is 16.4. The molecule has 1 fully saturated rings. The highest BCUT2D eigenvalue weighted by Crippen LogP contribution is 2.17. The lowest BCUT2D eigenvalue weighted by Gasteiger charge is -2.36. The third kappa shape index (κ3) is 4.70. The van der Waals surface area contributed by atoms with E-state index in [-0.39, 0.29) is 11.8 Å². The van der Waals surface area contributed by atoms with Gasteiger partial charge in [-0.25, -0.2) is 0 Å². The molecule has 1 saturated heterocycles. The van der Waals surface area contributed by atoms with Crippen molar-refractivity contribution in [3.8, 4) is 5.75 Å². The number of benzene rings is 2. The summed E-state index contributed by atoms with van der Waals surface area (Å²) in [5.41, 5.74) is 9.02. The molecule has 2 aromatic carbocycles. The van der Waals surface area contributed by atoms with Gasteiger partial charge in [0, 0.05) is 26.2 Å². The number of nitrogens with two attached hydrogens (primary N) is 1. The standard InChI is InChI=1S/C22H27N3O3/c1-16-6-8-18(9-7-16)21(23)22(27)25-12-10-24(11-13-25)20(26)15-17-4-3-5-19(14-17)28-2/h3-9,14,21H,10-13,15,23H2,1-2H3. The van der Waals surface area contributed by atoms with Gasteiger partial charge in [-0.05, 0) is 30.2 Å². The lowest BCUT2D eigenvalue weighted by atomic mass is 10.0. The minimum Gasteiger partial charge on any atom is -0.497 e. The highest BCUT2D eigenvalue weighted by molar-refractivity contribution is 5.84. The van der Waals surface area contributed by atoms with Gasteiger partial charge in [0.2, 0.25) is 11.8 Å². The van der Waals surface area contributed by atoms with Crippen LogP contribution in [0.2, 0.25) is 0 Å². The minimum absolute atomic E-state index is 0.0585. The highest BCUT2D eigenvalue weighted by Gasteiger charge is 2.27. The molecule has 1 aliphatic heterocycles. The third-order valence-electron chi connectivity index (χ3n) is 5.14. The van der Waals surface area contributed by atoms with E-state index in [1.807, 2.05) is 55.5 Å². The van der Waals surface area contributed by atoms with E-state index in [9.17, 15) is 9.59 Å². The van der Waals surface area contributed by atoms with E-state index in [4.69, 9.17) is 10.5 Å². The average molecular weight is 381 g/mol. The first-order valence-electron chi connectivity index (χ1n) is 9.49. The van der Waals surface area contributed by atoms with Crippen molar-refractivity contribution in [3.05, 3.63) is 65.2 Å². The highest BCUT2D eigenvalue weighted by atomic mass is 16.5.